The van der Waals surface area contributed by atoms with Gasteiger partial charge < -0.3 is 9.80 Å². The van der Waals surface area contributed by atoms with Crippen LogP contribution in [0.3, 0.4) is 0 Å². The van der Waals surface area contributed by atoms with E-state index >= 15 is 0 Å². The quantitative estimate of drug-likeness (QED) is 0.631. The fourth-order valence-electron chi connectivity index (χ4n) is 4.78. The predicted octanol–water partition coefficient (Wildman–Crippen LogP) is 5.58. The number of piperidine rings is 1. The first kappa shape index (κ1) is 20.7. The minimum atomic E-state index is -0.00497. The van der Waals surface area contributed by atoms with Gasteiger partial charge in [-0.25, -0.2) is 0 Å². The molecule has 2 aromatic carbocycles. The summed E-state index contributed by atoms with van der Waals surface area (Å²) in [4.78, 5) is 17.5. The smallest absolute Gasteiger partial charge is 0.255 e. The van der Waals surface area contributed by atoms with Gasteiger partial charge in [0.15, 0.2) is 0 Å². The second kappa shape index (κ2) is 9.07. The van der Waals surface area contributed by atoms with E-state index in [0.29, 0.717) is 33.4 Å². The second-order valence-corrected chi connectivity index (χ2v) is 9.32. The number of carbonyl (C=O) groups is 1. The number of hydrogen-bond donors (Lipinski definition) is 0. The molecule has 154 valence electrons. The van der Waals surface area contributed by atoms with Crippen molar-refractivity contribution in [2.45, 2.75) is 25.7 Å². The van der Waals surface area contributed by atoms with Crippen molar-refractivity contribution in [3.8, 4) is 0 Å². The van der Waals surface area contributed by atoms with Crippen LogP contribution in [0.5, 0.6) is 0 Å². The Morgan fingerprint density at radius 2 is 1.72 bits per heavy atom. The number of halogens is 2. The van der Waals surface area contributed by atoms with Crippen LogP contribution in [0.1, 0.15) is 41.6 Å². The van der Waals surface area contributed by atoms with Crippen molar-refractivity contribution in [3.63, 3.8) is 0 Å². The molecule has 1 unspecified atom stereocenters. The maximum Gasteiger partial charge on any atom is 0.255 e. The summed E-state index contributed by atoms with van der Waals surface area (Å²) in [6, 6.07) is 16.1. The first-order chi connectivity index (χ1) is 14.0. The molecule has 2 fully saturated rings. The van der Waals surface area contributed by atoms with Crippen molar-refractivity contribution < 1.29 is 4.79 Å². The summed E-state index contributed by atoms with van der Waals surface area (Å²) in [6.07, 6.45) is 2.43. The molecule has 3 nitrogen and oxygen atoms in total. The van der Waals surface area contributed by atoms with Gasteiger partial charge in [0.25, 0.3) is 5.91 Å². The molecule has 2 aliphatic heterocycles. The molecule has 2 heterocycles. The molecular formula is C24H28Cl2N2O. The monoisotopic (exact) mass is 430 g/mol. The third-order valence-corrected chi connectivity index (χ3v) is 7.41. The van der Waals surface area contributed by atoms with Crippen LogP contribution in [-0.4, -0.2) is 48.4 Å². The molecule has 2 atom stereocenters. The maximum atomic E-state index is 13.0. The average molecular weight is 431 g/mol. The van der Waals surface area contributed by atoms with Crippen molar-refractivity contribution in [3.05, 3.63) is 69.7 Å². The highest BCUT2D eigenvalue weighted by Crippen LogP contribution is 2.32. The SMILES string of the molecule is CC1CN(C(=O)c2cccc(Cl)c2Cl)C[C@@H]1CN1CCC(c2ccccc2)CC1. The number of rotatable bonds is 4. The lowest BCUT2D eigenvalue weighted by atomic mass is 9.88. The van der Waals surface area contributed by atoms with Crippen LogP contribution in [0, 0.1) is 11.8 Å². The van der Waals surface area contributed by atoms with Gasteiger partial charge in [-0.1, -0.05) is 66.5 Å². The largest absolute Gasteiger partial charge is 0.338 e. The molecule has 0 aliphatic carbocycles. The summed E-state index contributed by atoms with van der Waals surface area (Å²) >= 11 is 12.4. The molecule has 2 aliphatic rings. The zero-order valence-electron chi connectivity index (χ0n) is 16.9. The number of benzene rings is 2. The van der Waals surface area contributed by atoms with Gasteiger partial charge in [0.05, 0.1) is 15.6 Å². The molecule has 0 bridgehead atoms. The van der Waals surface area contributed by atoms with Crippen molar-refractivity contribution in [2.24, 2.45) is 11.8 Å². The number of carbonyl (C=O) groups excluding carboxylic acids is 1. The van der Waals surface area contributed by atoms with Crippen LogP contribution in [0.4, 0.5) is 0 Å². The summed E-state index contributed by atoms with van der Waals surface area (Å²) in [6.45, 7) is 7.17. The lowest BCUT2D eigenvalue weighted by Gasteiger charge is -2.34. The topological polar surface area (TPSA) is 23.6 Å². The second-order valence-electron chi connectivity index (χ2n) is 8.53. The molecule has 5 heteroatoms. The van der Waals surface area contributed by atoms with E-state index in [-0.39, 0.29) is 5.91 Å². The number of hydrogen-bond acceptors (Lipinski definition) is 2. The molecule has 4 rings (SSSR count). The van der Waals surface area contributed by atoms with E-state index < -0.39 is 0 Å². The Hall–Kier alpha value is -1.55. The standard InChI is InChI=1S/C24H28Cl2N2O/c1-17-14-28(24(29)21-8-5-9-22(25)23(21)26)16-20(17)15-27-12-10-19(11-13-27)18-6-3-2-4-7-18/h2-9,17,19-20H,10-16H2,1H3/t17?,20-/m0/s1. The van der Waals surface area contributed by atoms with Crippen LogP contribution >= 0.6 is 23.2 Å². The van der Waals surface area contributed by atoms with Crippen LogP contribution in [0.2, 0.25) is 10.0 Å². The van der Waals surface area contributed by atoms with Crippen molar-refractivity contribution >= 4 is 29.1 Å². The van der Waals surface area contributed by atoms with E-state index in [1.165, 1.54) is 18.4 Å². The number of amides is 1. The first-order valence-corrected chi connectivity index (χ1v) is 11.3. The zero-order chi connectivity index (χ0) is 20.4. The normalized spacial score (nSPS) is 23.5. The fraction of sp³-hybridized carbons (Fsp3) is 0.458. The van der Waals surface area contributed by atoms with Gasteiger partial charge >= 0.3 is 0 Å². The van der Waals surface area contributed by atoms with E-state index in [2.05, 4.69) is 42.2 Å². The molecule has 0 radical (unpaired) electrons. The molecule has 2 aromatic rings. The van der Waals surface area contributed by atoms with Gasteiger partial charge in [0.2, 0.25) is 0 Å². The van der Waals surface area contributed by atoms with Gasteiger partial charge in [-0.2, -0.15) is 0 Å². The summed E-state index contributed by atoms with van der Waals surface area (Å²) in [7, 11) is 0. The summed E-state index contributed by atoms with van der Waals surface area (Å²) < 4.78 is 0. The van der Waals surface area contributed by atoms with Crippen molar-refractivity contribution in [1.82, 2.24) is 9.80 Å². The minimum absolute atomic E-state index is 0.00497. The lowest BCUT2D eigenvalue weighted by molar-refractivity contribution is 0.0780. The highest BCUT2D eigenvalue weighted by Gasteiger charge is 2.35. The molecule has 29 heavy (non-hydrogen) atoms. The average Bonchev–Trinajstić information content (AvgIpc) is 3.11. The van der Waals surface area contributed by atoms with E-state index in [4.69, 9.17) is 23.2 Å². The fourth-order valence-corrected chi connectivity index (χ4v) is 5.16. The Kier molecular flexibility index (Phi) is 6.48. The molecule has 1 amide bonds. The minimum Gasteiger partial charge on any atom is -0.338 e. The van der Waals surface area contributed by atoms with Gasteiger partial charge in [-0.3, -0.25) is 4.79 Å². The van der Waals surface area contributed by atoms with Gasteiger partial charge in [0.1, 0.15) is 0 Å². The molecule has 0 N–H and O–H groups in total. The highest BCUT2D eigenvalue weighted by atomic mass is 35.5. The molecular weight excluding hydrogens is 403 g/mol. The first-order valence-electron chi connectivity index (χ1n) is 10.5. The Labute approximate surface area is 183 Å². The third-order valence-electron chi connectivity index (χ3n) is 6.59. The van der Waals surface area contributed by atoms with Gasteiger partial charge in [0, 0.05) is 19.6 Å². The Morgan fingerprint density at radius 3 is 2.45 bits per heavy atom. The van der Waals surface area contributed by atoms with E-state index in [1.807, 2.05) is 4.90 Å². The molecule has 0 saturated carbocycles. The van der Waals surface area contributed by atoms with E-state index in [9.17, 15) is 4.79 Å². The van der Waals surface area contributed by atoms with Crippen LogP contribution in [-0.2, 0) is 0 Å². The molecule has 0 aromatic heterocycles. The molecule has 2 saturated heterocycles. The van der Waals surface area contributed by atoms with Crippen LogP contribution < -0.4 is 0 Å². The Balaban J connectivity index is 1.33. The van der Waals surface area contributed by atoms with E-state index in [1.54, 1.807) is 18.2 Å². The number of nitrogens with zero attached hydrogens (tertiary/aromatic N) is 2. The highest BCUT2D eigenvalue weighted by molar-refractivity contribution is 6.43. The summed E-state index contributed by atoms with van der Waals surface area (Å²) in [5, 5.41) is 0.792. The van der Waals surface area contributed by atoms with Crippen molar-refractivity contribution in [1.29, 1.82) is 0 Å². The predicted molar refractivity (Wildman–Crippen MR) is 120 cm³/mol. The number of likely N-dealkylation sites (tertiary alicyclic amines) is 2. The zero-order valence-corrected chi connectivity index (χ0v) is 18.4. The van der Waals surface area contributed by atoms with Crippen molar-refractivity contribution in [2.75, 3.05) is 32.7 Å². The Morgan fingerprint density at radius 1 is 1.00 bits per heavy atom. The van der Waals surface area contributed by atoms with Crippen LogP contribution in [0.25, 0.3) is 0 Å². The van der Waals surface area contributed by atoms with E-state index in [0.717, 1.165) is 32.7 Å². The third kappa shape index (κ3) is 4.63. The summed E-state index contributed by atoms with van der Waals surface area (Å²) in [5.74, 6) is 1.67. The van der Waals surface area contributed by atoms with Crippen LogP contribution in [0.15, 0.2) is 48.5 Å². The summed E-state index contributed by atoms with van der Waals surface area (Å²) in [5.41, 5.74) is 1.98. The Bertz CT molecular complexity index is 849. The van der Waals surface area contributed by atoms with Gasteiger partial charge in [-0.05, 0) is 61.4 Å². The maximum absolute atomic E-state index is 13.0. The molecule has 0 spiro atoms. The van der Waals surface area contributed by atoms with Gasteiger partial charge in [-0.15, -0.1) is 0 Å². The lowest BCUT2D eigenvalue weighted by Crippen LogP contribution is -2.38.